The monoisotopic (exact) mass is 450 g/mol. The fourth-order valence-electron chi connectivity index (χ4n) is 3.32. The van der Waals surface area contributed by atoms with Crippen LogP contribution >= 0.6 is 0 Å². The number of benzene rings is 4. The van der Waals surface area contributed by atoms with Crippen LogP contribution in [0.4, 0.5) is 8.78 Å². The van der Waals surface area contributed by atoms with E-state index in [1.165, 1.54) is 24.3 Å². The SMILES string of the molecule is O=S(OC(c1ccccc1)c1ccc(F)cc1)OC(c1ccccc1)c1ccc(F)cc1. The van der Waals surface area contributed by atoms with Crippen molar-refractivity contribution in [2.24, 2.45) is 0 Å². The fourth-order valence-corrected chi connectivity index (χ4v) is 4.12. The van der Waals surface area contributed by atoms with Crippen LogP contribution in [0, 0.1) is 11.6 Å². The van der Waals surface area contributed by atoms with Gasteiger partial charge in [-0.25, -0.2) is 8.78 Å². The zero-order valence-corrected chi connectivity index (χ0v) is 17.8. The third-order valence-electron chi connectivity index (χ3n) is 4.90. The van der Waals surface area contributed by atoms with Crippen molar-refractivity contribution in [2.45, 2.75) is 12.2 Å². The van der Waals surface area contributed by atoms with Gasteiger partial charge in [0.05, 0.1) is 0 Å². The van der Waals surface area contributed by atoms with Crippen molar-refractivity contribution in [3.63, 3.8) is 0 Å². The van der Waals surface area contributed by atoms with Crippen molar-refractivity contribution < 1.29 is 21.4 Å². The third-order valence-corrected chi connectivity index (χ3v) is 5.60. The molecule has 162 valence electrons. The van der Waals surface area contributed by atoms with Gasteiger partial charge in [0.25, 0.3) is 0 Å². The van der Waals surface area contributed by atoms with E-state index >= 15 is 0 Å². The minimum absolute atomic E-state index is 0.376. The Balaban J connectivity index is 1.61. The average Bonchev–Trinajstić information content (AvgIpc) is 2.83. The Morgan fingerprint density at radius 2 is 0.812 bits per heavy atom. The molecular formula is C26H20F2O3S. The molecule has 0 fully saturated rings. The van der Waals surface area contributed by atoms with E-state index < -0.39 is 23.6 Å². The van der Waals surface area contributed by atoms with E-state index in [0.717, 1.165) is 11.1 Å². The van der Waals surface area contributed by atoms with Crippen LogP contribution in [-0.2, 0) is 19.7 Å². The highest BCUT2D eigenvalue weighted by molar-refractivity contribution is 7.75. The Bertz CT molecular complexity index is 1060. The molecular weight excluding hydrogens is 430 g/mol. The Labute approximate surface area is 188 Å². The number of hydrogen-bond acceptors (Lipinski definition) is 3. The largest absolute Gasteiger partial charge is 0.306 e. The van der Waals surface area contributed by atoms with Gasteiger partial charge in [0.1, 0.15) is 23.8 Å². The molecule has 4 rings (SSSR count). The van der Waals surface area contributed by atoms with E-state index in [4.69, 9.17) is 8.37 Å². The lowest BCUT2D eigenvalue weighted by Crippen LogP contribution is -2.14. The Morgan fingerprint density at radius 1 is 0.500 bits per heavy atom. The highest BCUT2D eigenvalue weighted by Crippen LogP contribution is 2.31. The van der Waals surface area contributed by atoms with Crippen LogP contribution in [0.5, 0.6) is 0 Å². The maximum Gasteiger partial charge on any atom is 0.306 e. The minimum Gasteiger partial charge on any atom is -0.255 e. The predicted octanol–water partition coefficient (Wildman–Crippen LogP) is 6.46. The van der Waals surface area contributed by atoms with E-state index in [9.17, 15) is 13.0 Å². The molecule has 0 radical (unpaired) electrons. The molecule has 4 aromatic carbocycles. The average molecular weight is 451 g/mol. The molecule has 0 saturated carbocycles. The molecule has 0 N–H and O–H groups in total. The van der Waals surface area contributed by atoms with E-state index in [-0.39, 0.29) is 11.6 Å². The van der Waals surface area contributed by atoms with Crippen LogP contribution in [0.2, 0.25) is 0 Å². The summed E-state index contributed by atoms with van der Waals surface area (Å²) >= 11 is -2.18. The summed E-state index contributed by atoms with van der Waals surface area (Å²) in [6, 6.07) is 30.0. The molecule has 0 aliphatic heterocycles. The standard InChI is InChI=1S/C26H20F2O3S/c27-23-15-11-21(12-16-23)25(19-7-3-1-4-8-19)30-32(29)31-26(20-9-5-2-6-10-20)22-13-17-24(28)18-14-22/h1-18,25-26H. The molecule has 0 amide bonds. The first-order valence-electron chi connectivity index (χ1n) is 9.97. The first-order chi connectivity index (χ1) is 15.6. The van der Waals surface area contributed by atoms with Gasteiger partial charge in [0.2, 0.25) is 0 Å². The molecule has 0 aromatic heterocycles. The van der Waals surface area contributed by atoms with Crippen LogP contribution < -0.4 is 0 Å². The quantitative estimate of drug-likeness (QED) is 0.309. The summed E-state index contributed by atoms with van der Waals surface area (Å²) in [5.41, 5.74) is 2.75. The Morgan fingerprint density at radius 3 is 1.16 bits per heavy atom. The van der Waals surface area contributed by atoms with Crippen molar-refractivity contribution in [3.8, 4) is 0 Å². The van der Waals surface area contributed by atoms with Gasteiger partial charge in [0.15, 0.2) is 0 Å². The Kier molecular flexibility index (Phi) is 7.17. The zero-order chi connectivity index (χ0) is 22.3. The lowest BCUT2D eigenvalue weighted by Gasteiger charge is -2.21. The summed E-state index contributed by atoms with van der Waals surface area (Å²) in [7, 11) is 0. The van der Waals surface area contributed by atoms with Gasteiger partial charge in [-0.1, -0.05) is 84.9 Å². The van der Waals surface area contributed by atoms with E-state index in [1.807, 2.05) is 60.7 Å². The first kappa shape index (κ1) is 22.0. The van der Waals surface area contributed by atoms with Crippen LogP contribution in [0.3, 0.4) is 0 Å². The predicted molar refractivity (Wildman–Crippen MR) is 120 cm³/mol. The highest BCUT2D eigenvalue weighted by atomic mass is 32.2. The van der Waals surface area contributed by atoms with Crippen molar-refractivity contribution in [1.82, 2.24) is 0 Å². The van der Waals surface area contributed by atoms with Gasteiger partial charge in [-0.05, 0) is 46.5 Å². The second-order valence-corrected chi connectivity index (χ2v) is 7.87. The molecule has 0 bridgehead atoms. The van der Waals surface area contributed by atoms with Crippen LogP contribution in [0.1, 0.15) is 34.5 Å². The smallest absolute Gasteiger partial charge is 0.255 e. The molecule has 0 aliphatic rings. The lowest BCUT2D eigenvalue weighted by molar-refractivity contribution is 0.184. The first-order valence-corrected chi connectivity index (χ1v) is 11.0. The molecule has 32 heavy (non-hydrogen) atoms. The van der Waals surface area contributed by atoms with Crippen molar-refractivity contribution in [3.05, 3.63) is 143 Å². The summed E-state index contributed by atoms with van der Waals surface area (Å²) in [5.74, 6) is -0.753. The molecule has 0 heterocycles. The molecule has 6 heteroatoms. The van der Waals surface area contributed by atoms with Gasteiger partial charge in [-0.15, -0.1) is 0 Å². The molecule has 2 unspecified atom stereocenters. The van der Waals surface area contributed by atoms with Gasteiger partial charge in [-0.2, -0.15) is 4.21 Å². The van der Waals surface area contributed by atoms with Crippen LogP contribution in [0.25, 0.3) is 0 Å². The van der Waals surface area contributed by atoms with Gasteiger partial charge < -0.3 is 0 Å². The zero-order valence-electron chi connectivity index (χ0n) is 16.9. The molecule has 3 nitrogen and oxygen atoms in total. The molecule has 4 aromatic rings. The number of hydrogen-bond donors (Lipinski definition) is 0. The summed E-state index contributed by atoms with van der Waals surface area (Å²) in [5, 5.41) is 0. The van der Waals surface area contributed by atoms with Gasteiger partial charge in [0, 0.05) is 0 Å². The molecule has 0 saturated heterocycles. The normalized spacial score (nSPS) is 13.9. The third kappa shape index (κ3) is 5.53. The summed E-state index contributed by atoms with van der Waals surface area (Å²) in [6.07, 6.45) is -1.47. The molecule has 0 aliphatic carbocycles. The van der Waals surface area contributed by atoms with Gasteiger partial charge in [-0.3, -0.25) is 8.37 Å². The molecule has 2 atom stereocenters. The topological polar surface area (TPSA) is 35.5 Å². The molecule has 0 spiro atoms. The van der Waals surface area contributed by atoms with E-state index in [1.54, 1.807) is 24.3 Å². The second-order valence-electron chi connectivity index (χ2n) is 7.08. The minimum atomic E-state index is -2.18. The van der Waals surface area contributed by atoms with Crippen LogP contribution in [-0.4, -0.2) is 4.21 Å². The maximum atomic E-state index is 13.4. The number of rotatable bonds is 8. The van der Waals surface area contributed by atoms with Crippen LogP contribution in [0.15, 0.2) is 109 Å². The summed E-state index contributed by atoms with van der Waals surface area (Å²) in [6.45, 7) is 0. The second kappa shape index (κ2) is 10.4. The summed E-state index contributed by atoms with van der Waals surface area (Å²) in [4.78, 5) is 0. The lowest BCUT2D eigenvalue weighted by atomic mass is 10.0. The van der Waals surface area contributed by atoms with Crippen molar-refractivity contribution in [1.29, 1.82) is 0 Å². The van der Waals surface area contributed by atoms with Crippen molar-refractivity contribution in [2.75, 3.05) is 0 Å². The summed E-state index contributed by atoms with van der Waals surface area (Å²) < 4.78 is 51.5. The van der Waals surface area contributed by atoms with Crippen molar-refractivity contribution >= 4 is 11.4 Å². The van der Waals surface area contributed by atoms with E-state index in [2.05, 4.69) is 0 Å². The van der Waals surface area contributed by atoms with E-state index in [0.29, 0.717) is 11.1 Å². The number of halogens is 2. The van der Waals surface area contributed by atoms with Gasteiger partial charge >= 0.3 is 11.4 Å². The highest BCUT2D eigenvalue weighted by Gasteiger charge is 2.24. The maximum absolute atomic E-state index is 13.4. The fraction of sp³-hybridized carbons (Fsp3) is 0.0769. The Hall–Kier alpha value is -3.19.